The molecule has 1 aromatic rings. The van der Waals surface area contributed by atoms with E-state index >= 15 is 0 Å². The molecule has 1 saturated heterocycles. The fourth-order valence-corrected chi connectivity index (χ4v) is 3.95. The van der Waals surface area contributed by atoms with Crippen molar-refractivity contribution >= 4 is 11.8 Å². The second-order valence-electron chi connectivity index (χ2n) is 6.88. The van der Waals surface area contributed by atoms with Gasteiger partial charge >= 0.3 is 0 Å². The number of amides is 2. The fourth-order valence-electron chi connectivity index (χ4n) is 3.95. The maximum absolute atomic E-state index is 13.6. The molecule has 1 heterocycles. The predicted octanol–water partition coefficient (Wildman–Crippen LogP) is 2.03. The van der Waals surface area contributed by atoms with Gasteiger partial charge in [-0.1, -0.05) is 0 Å². The van der Waals surface area contributed by atoms with Crippen molar-refractivity contribution in [3.63, 3.8) is 0 Å². The summed E-state index contributed by atoms with van der Waals surface area (Å²) in [5, 5.41) is 8.93. The number of fused-ring (bicyclic) bond motifs is 1. The lowest BCUT2D eigenvalue weighted by Crippen LogP contribution is -2.39. The largest absolute Gasteiger partial charge is 0.345 e. The van der Waals surface area contributed by atoms with Crippen molar-refractivity contribution in [3.8, 4) is 6.07 Å². The van der Waals surface area contributed by atoms with Crippen LogP contribution in [0.25, 0.3) is 0 Å². The van der Waals surface area contributed by atoms with E-state index in [9.17, 15) is 14.0 Å². The third-order valence-corrected chi connectivity index (χ3v) is 5.33. The van der Waals surface area contributed by atoms with Crippen molar-refractivity contribution in [2.45, 2.75) is 25.3 Å². The Balaban J connectivity index is 1.74. The molecule has 126 valence electrons. The lowest BCUT2D eigenvalue weighted by molar-refractivity contribution is -0.134. The van der Waals surface area contributed by atoms with Crippen LogP contribution in [0.3, 0.4) is 0 Å². The number of hydrogen-bond donors (Lipinski definition) is 0. The van der Waals surface area contributed by atoms with E-state index in [1.807, 2.05) is 13.1 Å². The van der Waals surface area contributed by atoms with E-state index < -0.39 is 5.82 Å². The number of piperidine rings is 1. The third-order valence-electron chi connectivity index (χ3n) is 5.33. The van der Waals surface area contributed by atoms with Gasteiger partial charge < -0.3 is 9.80 Å². The van der Waals surface area contributed by atoms with Gasteiger partial charge in [0.25, 0.3) is 5.91 Å². The standard InChI is InChI=1S/C18H20FN3O2/c1-21-10-14-7-16(6-12(14)8-17(21)23)22(2)18(24)13-3-11(9-20)4-15(19)5-13/h3-5,12,14,16H,6-8,10H2,1-2H3/t12-,14+,16-/m1/s1. The van der Waals surface area contributed by atoms with Gasteiger partial charge in [-0.3, -0.25) is 9.59 Å². The molecule has 0 unspecified atom stereocenters. The minimum Gasteiger partial charge on any atom is -0.345 e. The number of halogens is 1. The Morgan fingerprint density at radius 1 is 1.33 bits per heavy atom. The second kappa shape index (κ2) is 6.23. The van der Waals surface area contributed by atoms with E-state index in [0.717, 1.165) is 25.5 Å². The molecule has 1 aliphatic heterocycles. The summed E-state index contributed by atoms with van der Waals surface area (Å²) < 4.78 is 13.6. The highest BCUT2D eigenvalue weighted by Gasteiger charge is 2.42. The molecule has 5 nitrogen and oxygen atoms in total. The van der Waals surface area contributed by atoms with Crippen molar-refractivity contribution in [2.75, 3.05) is 20.6 Å². The number of carbonyl (C=O) groups excluding carboxylic acids is 2. The normalized spacial score (nSPS) is 26.0. The molecule has 0 aromatic heterocycles. The molecule has 24 heavy (non-hydrogen) atoms. The predicted molar refractivity (Wildman–Crippen MR) is 85.5 cm³/mol. The van der Waals surface area contributed by atoms with E-state index in [0.29, 0.717) is 18.3 Å². The van der Waals surface area contributed by atoms with Gasteiger partial charge in [0.05, 0.1) is 11.6 Å². The molecule has 1 saturated carbocycles. The highest BCUT2D eigenvalue weighted by Crippen LogP contribution is 2.40. The summed E-state index contributed by atoms with van der Waals surface area (Å²) in [5.74, 6) is 0.0216. The van der Waals surface area contributed by atoms with Crippen LogP contribution in [0.4, 0.5) is 4.39 Å². The molecule has 0 bridgehead atoms. The van der Waals surface area contributed by atoms with Crippen LogP contribution in [0, 0.1) is 29.0 Å². The second-order valence-corrected chi connectivity index (χ2v) is 6.88. The highest BCUT2D eigenvalue weighted by molar-refractivity contribution is 5.94. The fraction of sp³-hybridized carbons (Fsp3) is 0.500. The van der Waals surface area contributed by atoms with Gasteiger partial charge in [-0.15, -0.1) is 0 Å². The smallest absolute Gasteiger partial charge is 0.253 e. The van der Waals surface area contributed by atoms with Gasteiger partial charge in [-0.05, 0) is 42.9 Å². The first kappa shape index (κ1) is 16.4. The van der Waals surface area contributed by atoms with Crippen LogP contribution in [0.2, 0.25) is 0 Å². The van der Waals surface area contributed by atoms with Crippen molar-refractivity contribution < 1.29 is 14.0 Å². The molecular formula is C18H20FN3O2. The summed E-state index contributed by atoms with van der Waals surface area (Å²) in [6, 6.07) is 5.61. The molecule has 0 radical (unpaired) electrons. The molecule has 2 amide bonds. The Morgan fingerprint density at radius 3 is 2.75 bits per heavy atom. The summed E-state index contributed by atoms with van der Waals surface area (Å²) in [6.07, 6.45) is 2.19. The lowest BCUT2D eigenvalue weighted by atomic mass is 9.88. The first-order chi connectivity index (χ1) is 11.4. The van der Waals surface area contributed by atoms with Crippen LogP contribution < -0.4 is 0 Å². The van der Waals surface area contributed by atoms with Crippen LogP contribution in [0.15, 0.2) is 18.2 Å². The zero-order valence-corrected chi connectivity index (χ0v) is 13.8. The first-order valence-corrected chi connectivity index (χ1v) is 8.11. The molecule has 3 atom stereocenters. The Bertz CT molecular complexity index is 727. The minimum absolute atomic E-state index is 0.0422. The van der Waals surface area contributed by atoms with E-state index in [2.05, 4.69) is 0 Å². The van der Waals surface area contributed by atoms with E-state index in [-0.39, 0.29) is 29.0 Å². The number of nitrogens with zero attached hydrogens (tertiary/aromatic N) is 3. The van der Waals surface area contributed by atoms with Gasteiger partial charge in [0, 0.05) is 38.7 Å². The van der Waals surface area contributed by atoms with E-state index in [1.165, 1.54) is 12.1 Å². The summed E-state index contributed by atoms with van der Waals surface area (Å²) in [4.78, 5) is 27.9. The molecule has 6 heteroatoms. The average Bonchev–Trinajstić information content (AvgIpc) is 2.95. The Kier molecular flexibility index (Phi) is 4.27. The van der Waals surface area contributed by atoms with E-state index in [4.69, 9.17) is 5.26 Å². The Labute approximate surface area is 140 Å². The highest BCUT2D eigenvalue weighted by atomic mass is 19.1. The number of hydrogen-bond acceptors (Lipinski definition) is 3. The lowest BCUT2D eigenvalue weighted by Gasteiger charge is -2.31. The summed E-state index contributed by atoms with van der Waals surface area (Å²) in [5.41, 5.74) is 0.330. The number of likely N-dealkylation sites (tertiary alicyclic amines) is 1. The average molecular weight is 329 g/mol. The maximum atomic E-state index is 13.6. The number of benzene rings is 1. The van der Waals surface area contributed by atoms with Crippen molar-refractivity contribution in [1.82, 2.24) is 9.80 Å². The number of rotatable bonds is 2. The number of nitriles is 1. The maximum Gasteiger partial charge on any atom is 0.253 e. The SMILES string of the molecule is CN1C[C@@H]2C[C@H](N(C)C(=O)c3cc(F)cc(C#N)c3)C[C@@H]2CC1=O. The number of carbonyl (C=O) groups is 2. The van der Waals surface area contributed by atoms with Gasteiger partial charge in [-0.25, -0.2) is 4.39 Å². The van der Waals surface area contributed by atoms with Gasteiger partial charge in [0.15, 0.2) is 0 Å². The van der Waals surface area contributed by atoms with Crippen molar-refractivity contribution in [1.29, 1.82) is 5.26 Å². The van der Waals surface area contributed by atoms with Crippen molar-refractivity contribution in [3.05, 3.63) is 35.1 Å². The van der Waals surface area contributed by atoms with Crippen LogP contribution >= 0.6 is 0 Å². The van der Waals surface area contributed by atoms with Gasteiger partial charge in [0.1, 0.15) is 5.82 Å². The topological polar surface area (TPSA) is 64.4 Å². The molecule has 0 N–H and O–H groups in total. The van der Waals surface area contributed by atoms with Crippen LogP contribution in [0.5, 0.6) is 0 Å². The van der Waals surface area contributed by atoms with Gasteiger partial charge in [0.2, 0.25) is 5.91 Å². The molecular weight excluding hydrogens is 309 g/mol. The summed E-state index contributed by atoms with van der Waals surface area (Å²) in [7, 11) is 3.53. The third kappa shape index (κ3) is 2.99. The summed E-state index contributed by atoms with van der Waals surface area (Å²) >= 11 is 0. The zero-order chi connectivity index (χ0) is 17.4. The van der Waals surface area contributed by atoms with Crippen molar-refractivity contribution in [2.24, 2.45) is 11.8 Å². The first-order valence-electron chi connectivity index (χ1n) is 8.11. The van der Waals surface area contributed by atoms with E-state index in [1.54, 1.807) is 16.8 Å². The monoisotopic (exact) mass is 329 g/mol. The summed E-state index contributed by atoms with van der Waals surface area (Å²) in [6.45, 7) is 0.737. The Hall–Kier alpha value is -2.42. The molecule has 2 aliphatic rings. The van der Waals surface area contributed by atoms with Gasteiger partial charge in [-0.2, -0.15) is 5.26 Å². The molecule has 3 rings (SSSR count). The Morgan fingerprint density at radius 2 is 2.04 bits per heavy atom. The molecule has 1 aromatic carbocycles. The van der Waals surface area contributed by atoms with Crippen LogP contribution in [-0.2, 0) is 4.79 Å². The van der Waals surface area contributed by atoms with Crippen LogP contribution in [0.1, 0.15) is 35.2 Å². The molecule has 2 fully saturated rings. The zero-order valence-electron chi connectivity index (χ0n) is 13.8. The quantitative estimate of drug-likeness (QED) is 0.834. The molecule has 0 spiro atoms. The minimum atomic E-state index is -0.585. The van der Waals surface area contributed by atoms with Crippen LogP contribution in [-0.4, -0.2) is 48.3 Å². The molecule has 1 aliphatic carbocycles.